The largest absolute Gasteiger partial charge is 0.482 e. The lowest BCUT2D eigenvalue weighted by Gasteiger charge is -2.35. The summed E-state index contributed by atoms with van der Waals surface area (Å²) >= 11 is 0. The summed E-state index contributed by atoms with van der Waals surface area (Å²) in [4.78, 5) is 21.2. The first kappa shape index (κ1) is 23.7. The van der Waals surface area contributed by atoms with E-state index in [1.165, 1.54) is 0 Å². The predicted molar refractivity (Wildman–Crippen MR) is 131 cm³/mol. The van der Waals surface area contributed by atoms with Crippen LogP contribution in [0, 0.1) is 0 Å². The highest BCUT2D eigenvalue weighted by Gasteiger charge is 2.18. The van der Waals surface area contributed by atoms with E-state index in [1.54, 1.807) is 0 Å². The summed E-state index contributed by atoms with van der Waals surface area (Å²) in [6.45, 7) is 5.63. The summed E-state index contributed by atoms with van der Waals surface area (Å²) in [7, 11) is 0. The number of piperazine rings is 1. The molecule has 0 unspecified atom stereocenters. The van der Waals surface area contributed by atoms with Gasteiger partial charge in [-0.05, 0) is 35.4 Å². The zero-order valence-electron chi connectivity index (χ0n) is 19.3. The normalized spacial score (nSPS) is 14.1. The molecule has 0 N–H and O–H groups in total. The van der Waals surface area contributed by atoms with Crippen molar-refractivity contribution in [1.29, 1.82) is 0 Å². The molecule has 0 bridgehead atoms. The van der Waals surface area contributed by atoms with Crippen molar-refractivity contribution in [3.05, 3.63) is 90.1 Å². The first-order valence-corrected chi connectivity index (χ1v) is 11.6. The molecule has 1 aliphatic rings. The van der Waals surface area contributed by atoms with Crippen molar-refractivity contribution in [2.24, 2.45) is 0 Å². The number of esters is 1. The fourth-order valence-electron chi connectivity index (χ4n) is 3.83. The van der Waals surface area contributed by atoms with Crippen LogP contribution in [0.3, 0.4) is 0 Å². The van der Waals surface area contributed by atoms with E-state index in [0.29, 0.717) is 19.0 Å². The molecule has 3 aromatic rings. The smallest absolute Gasteiger partial charge is 0.344 e. The van der Waals surface area contributed by atoms with E-state index in [2.05, 4.69) is 26.9 Å². The molecule has 0 spiro atoms. The van der Waals surface area contributed by atoms with Crippen molar-refractivity contribution in [2.75, 3.05) is 50.9 Å². The van der Waals surface area contributed by atoms with E-state index in [9.17, 15) is 4.79 Å². The Morgan fingerprint density at radius 1 is 0.853 bits per heavy atom. The SMILES string of the molecule is O=C(COc1cccc(CN2CCN(c3ccccn3)CC2)c1)OCCOCc1ccccc1. The second-order valence-electron chi connectivity index (χ2n) is 8.15. The summed E-state index contributed by atoms with van der Waals surface area (Å²) in [5, 5.41) is 0. The molecular weight excluding hydrogens is 430 g/mol. The van der Waals surface area contributed by atoms with Gasteiger partial charge < -0.3 is 19.1 Å². The molecule has 0 radical (unpaired) electrons. The van der Waals surface area contributed by atoms with Crippen LogP contribution in [-0.2, 0) is 27.4 Å². The summed E-state index contributed by atoms with van der Waals surface area (Å²) < 4.78 is 16.4. The number of carbonyl (C=O) groups is 1. The monoisotopic (exact) mass is 461 g/mol. The van der Waals surface area contributed by atoms with Gasteiger partial charge in [-0.15, -0.1) is 0 Å². The van der Waals surface area contributed by atoms with Gasteiger partial charge in [-0.25, -0.2) is 9.78 Å². The fraction of sp³-hybridized carbons (Fsp3) is 0.333. The van der Waals surface area contributed by atoms with Crippen LogP contribution in [0.5, 0.6) is 5.75 Å². The molecule has 1 aliphatic heterocycles. The number of hydrogen-bond donors (Lipinski definition) is 0. The van der Waals surface area contributed by atoms with Crippen LogP contribution in [0.25, 0.3) is 0 Å². The molecule has 0 atom stereocenters. The summed E-state index contributed by atoms with van der Waals surface area (Å²) in [6.07, 6.45) is 1.84. The van der Waals surface area contributed by atoms with Crippen molar-refractivity contribution >= 4 is 11.8 Å². The van der Waals surface area contributed by atoms with Crippen LogP contribution in [0.4, 0.5) is 5.82 Å². The third-order valence-corrected chi connectivity index (χ3v) is 5.61. The van der Waals surface area contributed by atoms with E-state index >= 15 is 0 Å². The van der Waals surface area contributed by atoms with Gasteiger partial charge in [0, 0.05) is 38.9 Å². The standard InChI is InChI=1S/C27H31N3O4/c31-27(33-18-17-32-21-23-7-2-1-3-8-23)22-34-25-10-6-9-24(19-25)20-29-13-15-30(16-14-29)26-11-4-5-12-28-26/h1-12,19H,13-18,20-22H2. The minimum Gasteiger partial charge on any atom is -0.482 e. The second kappa shape index (κ2) is 12.7. The molecule has 1 fully saturated rings. The zero-order chi connectivity index (χ0) is 23.4. The van der Waals surface area contributed by atoms with Crippen molar-refractivity contribution in [2.45, 2.75) is 13.2 Å². The molecule has 1 saturated heterocycles. The molecule has 7 heteroatoms. The number of hydrogen-bond acceptors (Lipinski definition) is 7. The van der Waals surface area contributed by atoms with Gasteiger partial charge in [0.2, 0.25) is 0 Å². The van der Waals surface area contributed by atoms with Gasteiger partial charge in [0.1, 0.15) is 18.2 Å². The topological polar surface area (TPSA) is 64.1 Å². The van der Waals surface area contributed by atoms with Crippen molar-refractivity contribution in [1.82, 2.24) is 9.88 Å². The number of pyridine rings is 1. The van der Waals surface area contributed by atoms with Crippen LogP contribution >= 0.6 is 0 Å². The number of rotatable bonds is 11. The minimum absolute atomic E-state index is 0.120. The first-order chi connectivity index (χ1) is 16.8. The molecule has 178 valence electrons. The third-order valence-electron chi connectivity index (χ3n) is 5.61. The van der Waals surface area contributed by atoms with Gasteiger partial charge in [-0.3, -0.25) is 4.90 Å². The van der Waals surface area contributed by atoms with Crippen molar-refractivity contribution in [3.63, 3.8) is 0 Å². The number of ether oxygens (including phenoxy) is 3. The molecule has 2 aromatic carbocycles. The van der Waals surface area contributed by atoms with Crippen molar-refractivity contribution < 1.29 is 19.0 Å². The Morgan fingerprint density at radius 3 is 2.44 bits per heavy atom. The summed E-state index contributed by atoms with van der Waals surface area (Å²) in [5.41, 5.74) is 2.25. The maximum absolute atomic E-state index is 12.0. The van der Waals surface area contributed by atoms with Gasteiger partial charge in [0.25, 0.3) is 0 Å². The number of anilines is 1. The third kappa shape index (κ3) is 7.57. The van der Waals surface area contributed by atoms with Crippen molar-refractivity contribution in [3.8, 4) is 5.75 Å². The lowest BCUT2D eigenvalue weighted by Crippen LogP contribution is -2.46. The Hall–Kier alpha value is -3.42. The number of benzene rings is 2. The molecule has 0 amide bonds. The van der Waals surface area contributed by atoms with E-state index in [1.807, 2.05) is 66.9 Å². The van der Waals surface area contributed by atoms with Crippen LogP contribution in [-0.4, -0.2) is 61.9 Å². The lowest BCUT2D eigenvalue weighted by molar-refractivity contribution is -0.147. The minimum atomic E-state index is -0.403. The average molecular weight is 462 g/mol. The Labute approximate surface area is 200 Å². The fourth-order valence-corrected chi connectivity index (χ4v) is 3.83. The number of nitrogens with zero attached hydrogens (tertiary/aromatic N) is 3. The molecule has 34 heavy (non-hydrogen) atoms. The van der Waals surface area contributed by atoms with Gasteiger partial charge in [0.15, 0.2) is 6.61 Å². The maximum atomic E-state index is 12.0. The van der Waals surface area contributed by atoms with E-state index < -0.39 is 5.97 Å². The highest BCUT2D eigenvalue weighted by molar-refractivity contribution is 5.71. The van der Waals surface area contributed by atoms with E-state index in [0.717, 1.165) is 49.7 Å². The van der Waals surface area contributed by atoms with Gasteiger partial charge in [-0.2, -0.15) is 0 Å². The van der Waals surface area contributed by atoms with Crippen LogP contribution in [0.1, 0.15) is 11.1 Å². The maximum Gasteiger partial charge on any atom is 0.344 e. The molecule has 7 nitrogen and oxygen atoms in total. The van der Waals surface area contributed by atoms with Gasteiger partial charge >= 0.3 is 5.97 Å². The molecule has 0 saturated carbocycles. The van der Waals surface area contributed by atoms with E-state index in [4.69, 9.17) is 14.2 Å². The second-order valence-corrected chi connectivity index (χ2v) is 8.15. The Bertz CT molecular complexity index is 1010. The molecule has 0 aliphatic carbocycles. The highest BCUT2D eigenvalue weighted by atomic mass is 16.6. The quantitative estimate of drug-likeness (QED) is 0.320. The average Bonchev–Trinajstić information content (AvgIpc) is 2.89. The molecular formula is C27H31N3O4. The highest BCUT2D eigenvalue weighted by Crippen LogP contribution is 2.18. The number of carbonyl (C=O) groups excluding carboxylic acids is 1. The Balaban J connectivity index is 1.13. The lowest BCUT2D eigenvalue weighted by atomic mass is 10.2. The Morgan fingerprint density at radius 2 is 1.65 bits per heavy atom. The van der Waals surface area contributed by atoms with E-state index in [-0.39, 0.29) is 13.2 Å². The summed E-state index contributed by atoms with van der Waals surface area (Å²) in [6, 6.07) is 23.8. The molecule has 2 heterocycles. The van der Waals surface area contributed by atoms with Crippen LogP contribution in [0.15, 0.2) is 79.0 Å². The first-order valence-electron chi connectivity index (χ1n) is 11.6. The summed E-state index contributed by atoms with van der Waals surface area (Å²) in [5.74, 6) is 1.30. The zero-order valence-corrected chi connectivity index (χ0v) is 19.3. The van der Waals surface area contributed by atoms with Crippen LogP contribution in [0.2, 0.25) is 0 Å². The van der Waals surface area contributed by atoms with Crippen LogP contribution < -0.4 is 9.64 Å². The van der Waals surface area contributed by atoms with Gasteiger partial charge in [-0.1, -0.05) is 48.5 Å². The van der Waals surface area contributed by atoms with Gasteiger partial charge in [0.05, 0.1) is 13.2 Å². The number of aromatic nitrogens is 1. The molecule has 1 aromatic heterocycles. The molecule has 4 rings (SSSR count). The Kier molecular flexibility index (Phi) is 8.88. The predicted octanol–water partition coefficient (Wildman–Crippen LogP) is 3.54.